The fourth-order valence-corrected chi connectivity index (χ4v) is 2.94. The third-order valence-corrected chi connectivity index (χ3v) is 4.19. The van der Waals surface area contributed by atoms with E-state index in [0.717, 1.165) is 0 Å². The molecule has 108 valence electrons. The van der Waals surface area contributed by atoms with Crippen molar-refractivity contribution in [2.45, 2.75) is 39.3 Å². The normalized spacial score (nSPS) is 11.8. The molecule has 1 aromatic heterocycles. The van der Waals surface area contributed by atoms with Gasteiger partial charge >= 0.3 is 0 Å². The highest BCUT2D eigenvalue weighted by atomic mass is 32.2. The maximum atomic E-state index is 11.3. The molecule has 1 aromatic carbocycles. The van der Waals surface area contributed by atoms with Gasteiger partial charge in [-0.2, -0.15) is 0 Å². The Labute approximate surface area is 119 Å². The van der Waals surface area contributed by atoms with Crippen LogP contribution in [0.2, 0.25) is 0 Å². The van der Waals surface area contributed by atoms with Gasteiger partial charge in [0.1, 0.15) is 5.82 Å². The van der Waals surface area contributed by atoms with Crippen LogP contribution in [0.15, 0.2) is 23.4 Å². The van der Waals surface area contributed by atoms with E-state index in [4.69, 9.17) is 5.14 Å². The fourth-order valence-electron chi connectivity index (χ4n) is 2.41. The molecule has 0 amide bonds. The number of nitrogens with zero attached hydrogens (tertiary/aromatic N) is 2. The number of aromatic nitrogens is 2. The van der Waals surface area contributed by atoms with Gasteiger partial charge in [0.05, 0.1) is 0 Å². The lowest BCUT2D eigenvalue weighted by molar-refractivity contribution is 0.594. The second kappa shape index (κ2) is 5.03. The summed E-state index contributed by atoms with van der Waals surface area (Å²) < 4.78 is 24.5. The topological polar surface area (TPSA) is 78.0 Å². The minimum Gasteiger partial charge on any atom is -0.329 e. The Morgan fingerprint density at radius 2 is 1.70 bits per heavy atom. The fraction of sp³-hybridized carbons (Fsp3) is 0.357. The number of hydrogen-bond acceptors (Lipinski definition) is 3. The Morgan fingerprint density at radius 1 is 1.15 bits per heavy atom. The molecule has 0 fully saturated rings. The standard InChI is InChI=1S/C14H19N3O2S/c1-9-5-10(2)13(11(3)6-9)7-17-8-14(16-12(17)4)20(15,18)19/h5-6,8H,7H2,1-4H3,(H2,15,18,19). The highest BCUT2D eigenvalue weighted by Gasteiger charge is 2.15. The van der Waals surface area contributed by atoms with E-state index in [-0.39, 0.29) is 5.03 Å². The van der Waals surface area contributed by atoms with Gasteiger partial charge in [0.25, 0.3) is 10.0 Å². The highest BCUT2D eigenvalue weighted by Crippen LogP contribution is 2.19. The summed E-state index contributed by atoms with van der Waals surface area (Å²) in [5.41, 5.74) is 4.77. The van der Waals surface area contributed by atoms with Gasteiger partial charge < -0.3 is 4.57 Å². The highest BCUT2D eigenvalue weighted by molar-refractivity contribution is 7.89. The zero-order valence-electron chi connectivity index (χ0n) is 12.1. The lowest BCUT2D eigenvalue weighted by Gasteiger charge is -2.12. The van der Waals surface area contributed by atoms with Crippen molar-refractivity contribution < 1.29 is 8.42 Å². The van der Waals surface area contributed by atoms with Crippen molar-refractivity contribution in [1.29, 1.82) is 0 Å². The van der Waals surface area contributed by atoms with Crippen LogP contribution in [0.4, 0.5) is 0 Å². The predicted molar refractivity (Wildman–Crippen MR) is 78.1 cm³/mol. The Morgan fingerprint density at radius 3 is 2.15 bits per heavy atom. The minimum atomic E-state index is -3.76. The van der Waals surface area contributed by atoms with Gasteiger partial charge in [0.2, 0.25) is 0 Å². The first-order valence-electron chi connectivity index (χ1n) is 6.32. The summed E-state index contributed by atoms with van der Waals surface area (Å²) in [4.78, 5) is 4.00. The van der Waals surface area contributed by atoms with Crippen molar-refractivity contribution in [3.63, 3.8) is 0 Å². The summed E-state index contributed by atoms with van der Waals surface area (Å²) >= 11 is 0. The van der Waals surface area contributed by atoms with Crippen LogP contribution in [-0.4, -0.2) is 18.0 Å². The molecule has 2 rings (SSSR count). The van der Waals surface area contributed by atoms with E-state index in [0.29, 0.717) is 12.4 Å². The second-order valence-electron chi connectivity index (χ2n) is 5.18. The molecule has 2 aromatic rings. The van der Waals surface area contributed by atoms with Crippen LogP contribution in [0.25, 0.3) is 0 Å². The molecule has 0 radical (unpaired) electrons. The first kappa shape index (κ1) is 14.7. The number of benzene rings is 1. The zero-order chi connectivity index (χ0) is 15.1. The Balaban J connectivity index is 2.44. The van der Waals surface area contributed by atoms with Crippen LogP contribution in [0.3, 0.4) is 0 Å². The molecule has 0 spiro atoms. The van der Waals surface area contributed by atoms with Gasteiger partial charge in [-0.3, -0.25) is 0 Å². The second-order valence-corrected chi connectivity index (χ2v) is 6.68. The molecule has 1 heterocycles. The quantitative estimate of drug-likeness (QED) is 0.937. The Kier molecular flexibility index (Phi) is 3.71. The maximum absolute atomic E-state index is 11.3. The van der Waals surface area contributed by atoms with Gasteiger partial charge in [-0.15, -0.1) is 0 Å². The molecule has 0 aliphatic carbocycles. The van der Waals surface area contributed by atoms with Gasteiger partial charge in [0.15, 0.2) is 5.03 Å². The van der Waals surface area contributed by atoms with E-state index in [9.17, 15) is 8.42 Å². The summed E-state index contributed by atoms with van der Waals surface area (Å²) in [6, 6.07) is 4.24. The smallest absolute Gasteiger partial charge is 0.257 e. The SMILES string of the molecule is Cc1cc(C)c(Cn2cc(S(N)(=O)=O)nc2C)c(C)c1. The maximum Gasteiger partial charge on any atom is 0.257 e. The largest absolute Gasteiger partial charge is 0.329 e. The zero-order valence-corrected chi connectivity index (χ0v) is 13.0. The number of sulfonamides is 1. The van der Waals surface area contributed by atoms with E-state index >= 15 is 0 Å². The first-order chi connectivity index (χ1) is 9.18. The summed E-state index contributed by atoms with van der Waals surface area (Å²) in [7, 11) is -3.76. The van der Waals surface area contributed by atoms with Crippen LogP contribution >= 0.6 is 0 Å². The number of aryl methyl sites for hydroxylation is 4. The molecular weight excluding hydrogens is 274 g/mol. The summed E-state index contributed by atoms with van der Waals surface area (Å²) in [6.45, 7) is 8.54. The summed E-state index contributed by atoms with van der Waals surface area (Å²) in [6.07, 6.45) is 1.49. The molecule has 0 atom stereocenters. The van der Waals surface area contributed by atoms with Crippen LogP contribution in [-0.2, 0) is 16.6 Å². The van der Waals surface area contributed by atoms with Crippen molar-refractivity contribution in [2.75, 3.05) is 0 Å². The van der Waals surface area contributed by atoms with Gasteiger partial charge in [0, 0.05) is 12.7 Å². The van der Waals surface area contributed by atoms with E-state index in [1.54, 1.807) is 6.92 Å². The van der Waals surface area contributed by atoms with Gasteiger partial charge in [-0.25, -0.2) is 18.5 Å². The number of rotatable bonds is 3. The number of nitrogens with two attached hydrogens (primary N) is 1. The van der Waals surface area contributed by atoms with Crippen molar-refractivity contribution in [1.82, 2.24) is 9.55 Å². The molecule has 0 saturated carbocycles. The number of hydrogen-bond donors (Lipinski definition) is 1. The van der Waals surface area contributed by atoms with E-state index < -0.39 is 10.0 Å². The van der Waals surface area contributed by atoms with Crippen molar-refractivity contribution in [3.8, 4) is 0 Å². The lowest BCUT2D eigenvalue weighted by atomic mass is 10.00. The van der Waals surface area contributed by atoms with Gasteiger partial charge in [-0.1, -0.05) is 17.7 Å². The monoisotopic (exact) mass is 293 g/mol. The molecule has 0 aliphatic rings. The number of imidazole rings is 1. The molecule has 6 heteroatoms. The predicted octanol–water partition coefficient (Wildman–Crippen LogP) is 1.81. The van der Waals surface area contributed by atoms with E-state index in [2.05, 4.69) is 37.9 Å². The summed E-state index contributed by atoms with van der Waals surface area (Å²) in [5, 5.41) is 5.02. The molecule has 5 nitrogen and oxygen atoms in total. The average Bonchev–Trinajstić information content (AvgIpc) is 2.65. The Bertz CT molecular complexity index is 738. The van der Waals surface area contributed by atoms with Crippen molar-refractivity contribution >= 4 is 10.0 Å². The Hall–Kier alpha value is -1.66. The van der Waals surface area contributed by atoms with Crippen LogP contribution < -0.4 is 5.14 Å². The summed E-state index contributed by atoms with van der Waals surface area (Å²) in [5.74, 6) is 0.633. The third-order valence-electron chi connectivity index (χ3n) is 3.41. The molecule has 2 N–H and O–H groups in total. The van der Waals surface area contributed by atoms with Crippen molar-refractivity contribution in [2.24, 2.45) is 5.14 Å². The lowest BCUT2D eigenvalue weighted by Crippen LogP contribution is -2.12. The molecular formula is C14H19N3O2S. The van der Waals surface area contributed by atoms with Crippen LogP contribution in [0.5, 0.6) is 0 Å². The third kappa shape index (κ3) is 2.91. The van der Waals surface area contributed by atoms with E-state index in [1.807, 2.05) is 4.57 Å². The van der Waals surface area contributed by atoms with Crippen molar-refractivity contribution in [3.05, 3.63) is 46.4 Å². The molecule has 0 unspecified atom stereocenters. The first-order valence-corrected chi connectivity index (χ1v) is 7.86. The molecule has 0 saturated heterocycles. The minimum absolute atomic E-state index is 0.0857. The molecule has 20 heavy (non-hydrogen) atoms. The van der Waals surface area contributed by atoms with Crippen LogP contribution in [0.1, 0.15) is 28.1 Å². The molecule has 0 aliphatic heterocycles. The van der Waals surface area contributed by atoms with E-state index in [1.165, 1.54) is 28.5 Å². The molecule has 0 bridgehead atoms. The van der Waals surface area contributed by atoms with Crippen LogP contribution in [0, 0.1) is 27.7 Å². The average molecular weight is 293 g/mol. The van der Waals surface area contributed by atoms with Gasteiger partial charge in [-0.05, 0) is 44.4 Å². The number of primary sulfonamides is 1.